The van der Waals surface area contributed by atoms with Crippen LogP contribution in [-0.4, -0.2) is 15.0 Å². The molecule has 15 aromatic rings. The molecule has 74 heavy (non-hydrogen) atoms. The molecule has 3 nitrogen and oxygen atoms in total. The highest BCUT2D eigenvalue weighted by atomic mass is 14.8. The monoisotopic (exact) mass is 958 g/mol. The van der Waals surface area contributed by atoms with Gasteiger partial charge in [0.2, 0.25) is 0 Å². The van der Waals surface area contributed by atoms with E-state index in [1.54, 1.807) is 0 Å². The van der Waals surface area contributed by atoms with Gasteiger partial charge in [-0.25, -0.2) is 4.98 Å². The lowest BCUT2D eigenvalue weighted by Gasteiger charge is -2.33. The van der Waals surface area contributed by atoms with Gasteiger partial charge in [0.25, 0.3) is 0 Å². The Bertz CT molecular complexity index is 4560. The van der Waals surface area contributed by atoms with E-state index < -0.39 is 0 Å². The molecule has 0 N–H and O–H groups in total. The molecule has 15 rings (SSSR count). The molecule has 0 radical (unpaired) electrons. The van der Waals surface area contributed by atoms with Gasteiger partial charge in [-0.3, -0.25) is 9.97 Å². The molecule has 3 heterocycles. The van der Waals surface area contributed by atoms with Gasteiger partial charge in [0.15, 0.2) is 0 Å². The molecular formula is C71H63N3. The Labute approximate surface area is 433 Å². The summed E-state index contributed by atoms with van der Waals surface area (Å²) < 4.78 is 0. The third kappa shape index (κ3) is 5.50. The first-order valence-corrected chi connectivity index (χ1v) is 27.0. The number of benzene rings is 12. The lowest BCUT2D eigenvalue weighted by molar-refractivity contribution is 0.591. The maximum atomic E-state index is 5.99. The van der Waals surface area contributed by atoms with Crippen LogP contribution in [0.3, 0.4) is 0 Å². The lowest BCUT2D eigenvalue weighted by atomic mass is 9.70. The van der Waals surface area contributed by atoms with Gasteiger partial charge < -0.3 is 0 Å². The van der Waals surface area contributed by atoms with Gasteiger partial charge in [-0.05, 0) is 248 Å². The minimum absolute atomic E-state index is 0.0890. The summed E-state index contributed by atoms with van der Waals surface area (Å²) in [6.07, 6.45) is 3.86. The fraction of sp³-hybridized carbons (Fsp3) is 0.282. The van der Waals surface area contributed by atoms with E-state index in [4.69, 9.17) is 15.0 Å². The Kier molecular flexibility index (Phi) is 8.10. The van der Waals surface area contributed by atoms with Crippen molar-refractivity contribution < 1.29 is 0 Å². The Morgan fingerprint density at radius 2 is 0.459 bits per heavy atom. The van der Waals surface area contributed by atoms with E-state index >= 15 is 0 Å². The molecule has 0 unspecified atom stereocenters. The Morgan fingerprint density at radius 1 is 0.243 bits per heavy atom. The van der Waals surface area contributed by atoms with Crippen LogP contribution in [0, 0.1) is 0 Å². The predicted molar refractivity (Wildman–Crippen MR) is 321 cm³/mol. The SMILES string of the molecule is CC(C)(C)c1cc2c3cc(C(C)(C)C)cc4c5cc(C(C)(C)C)cc6c7c(-c8ccccn8)nc(-c8ccccn8)c8c9cc(C(C)(C)C)cc%10c%11cc(C(C)(C)C)cc%12c(c1)c2c1c(c34)c(c56)c(c78)c(c%109)c1c%12%11. The zero-order valence-electron chi connectivity index (χ0n) is 45.7. The summed E-state index contributed by atoms with van der Waals surface area (Å²) in [5, 5.41) is 32.1. The number of nitrogens with zero attached hydrogens (tertiary/aromatic N) is 3. The van der Waals surface area contributed by atoms with Gasteiger partial charge >= 0.3 is 0 Å². The second-order valence-electron chi connectivity index (χ2n) is 27.6. The van der Waals surface area contributed by atoms with Gasteiger partial charge in [0.05, 0.1) is 22.8 Å². The van der Waals surface area contributed by atoms with Crippen LogP contribution >= 0.6 is 0 Å². The van der Waals surface area contributed by atoms with Crippen LogP contribution in [0.4, 0.5) is 0 Å². The number of hydrogen-bond acceptors (Lipinski definition) is 3. The van der Waals surface area contributed by atoms with E-state index in [2.05, 4.69) is 189 Å². The van der Waals surface area contributed by atoms with Crippen LogP contribution in [0.15, 0.2) is 109 Å². The third-order valence-electron chi connectivity index (χ3n) is 17.7. The third-order valence-corrected chi connectivity index (χ3v) is 17.7. The van der Waals surface area contributed by atoms with E-state index in [0.717, 1.165) is 22.8 Å². The van der Waals surface area contributed by atoms with Crippen molar-refractivity contribution in [3.05, 3.63) is 137 Å². The highest BCUT2D eigenvalue weighted by Crippen LogP contribution is 2.63. The standard InChI is InChI=1S/C71H63N3/c1-67(2,3)34-24-39-41-26-35(68(4,5)6)28-43-45-30-37(70(10,11)12)32-47-54(45)61-59(52(41)43)58-51(39)40(25-34)42-27-36(69(7,8)9)29-44-46-31-38(71(13,14)15)33-48-55(46)62(60(58)53(42)44)64(61)63-56(47)65(49-20-16-18-22-72-49)74-66(57(48)63)50-21-17-19-23-73-50/h16-33H,1-15H3. The number of pyridine rings is 3. The molecule has 12 aromatic carbocycles. The summed E-state index contributed by atoms with van der Waals surface area (Å²) in [5.41, 5.74) is 9.67. The molecule has 0 fully saturated rings. The first kappa shape index (κ1) is 44.3. The van der Waals surface area contributed by atoms with E-state index in [9.17, 15) is 0 Å². The fourth-order valence-electron chi connectivity index (χ4n) is 13.8. The number of hydrogen-bond donors (Lipinski definition) is 0. The van der Waals surface area contributed by atoms with Gasteiger partial charge in [-0.1, -0.05) is 116 Å². The molecule has 0 aliphatic rings. The highest BCUT2D eigenvalue weighted by Gasteiger charge is 2.37. The summed E-state index contributed by atoms with van der Waals surface area (Å²) >= 11 is 0. The van der Waals surface area contributed by atoms with Gasteiger partial charge in [0, 0.05) is 33.9 Å². The summed E-state index contributed by atoms with van der Waals surface area (Å²) in [6.45, 7) is 35.8. The number of rotatable bonds is 2. The smallest absolute Gasteiger partial charge is 0.0979 e. The molecule has 0 aliphatic heterocycles. The zero-order chi connectivity index (χ0) is 51.4. The lowest BCUT2D eigenvalue weighted by Crippen LogP contribution is -2.14. The van der Waals surface area contributed by atoms with Crippen molar-refractivity contribution in [3.8, 4) is 22.8 Å². The van der Waals surface area contributed by atoms with Crippen LogP contribution in [0.25, 0.3) is 152 Å². The first-order chi connectivity index (χ1) is 34.9. The number of aromatic nitrogens is 3. The van der Waals surface area contributed by atoms with Gasteiger partial charge in [-0.15, -0.1) is 0 Å². The molecule has 3 aromatic heterocycles. The van der Waals surface area contributed by atoms with Crippen molar-refractivity contribution in [1.82, 2.24) is 15.0 Å². The molecule has 362 valence electrons. The molecule has 0 bridgehead atoms. The largest absolute Gasteiger partial charge is 0.255 e. The van der Waals surface area contributed by atoms with Crippen LogP contribution in [0.1, 0.15) is 132 Å². The average Bonchev–Trinajstić information content (AvgIpc) is 3.50. The van der Waals surface area contributed by atoms with Crippen molar-refractivity contribution in [2.45, 2.75) is 131 Å². The maximum absolute atomic E-state index is 5.99. The molecule has 0 aliphatic carbocycles. The van der Waals surface area contributed by atoms with Crippen molar-refractivity contribution >= 4 is 129 Å². The van der Waals surface area contributed by atoms with E-state index in [1.807, 2.05) is 24.5 Å². The minimum atomic E-state index is -0.152. The highest BCUT2D eigenvalue weighted by molar-refractivity contribution is 6.61. The predicted octanol–water partition coefficient (Wildman–Crippen LogP) is 20.2. The Morgan fingerprint density at radius 3 is 0.689 bits per heavy atom. The van der Waals surface area contributed by atoms with Crippen LogP contribution in [0.5, 0.6) is 0 Å². The normalized spacial score (nSPS) is 14.1. The zero-order valence-corrected chi connectivity index (χ0v) is 45.7. The molecule has 3 heteroatoms. The van der Waals surface area contributed by atoms with Crippen molar-refractivity contribution in [1.29, 1.82) is 0 Å². The molecular weight excluding hydrogens is 895 g/mol. The number of fused-ring (bicyclic) bond motifs is 6. The molecule has 0 atom stereocenters. The van der Waals surface area contributed by atoms with E-state index in [1.165, 1.54) is 157 Å². The average molecular weight is 958 g/mol. The van der Waals surface area contributed by atoms with Crippen molar-refractivity contribution in [3.63, 3.8) is 0 Å². The quantitative estimate of drug-likeness (QED) is 0.128. The molecule has 0 saturated heterocycles. The minimum Gasteiger partial charge on any atom is -0.255 e. The summed E-state index contributed by atoms with van der Waals surface area (Å²) in [5.74, 6) is 0. The topological polar surface area (TPSA) is 38.7 Å². The summed E-state index contributed by atoms with van der Waals surface area (Å²) in [4.78, 5) is 16.4. The van der Waals surface area contributed by atoms with Crippen molar-refractivity contribution in [2.75, 3.05) is 0 Å². The summed E-state index contributed by atoms with van der Waals surface area (Å²) in [6, 6.07) is 38.4. The fourth-order valence-corrected chi connectivity index (χ4v) is 13.8. The second kappa shape index (κ2) is 13.5. The van der Waals surface area contributed by atoms with E-state index in [0.29, 0.717) is 0 Å². The van der Waals surface area contributed by atoms with Crippen molar-refractivity contribution in [2.24, 2.45) is 0 Å². The van der Waals surface area contributed by atoms with Crippen LogP contribution < -0.4 is 0 Å². The van der Waals surface area contributed by atoms with E-state index in [-0.39, 0.29) is 27.1 Å². The van der Waals surface area contributed by atoms with Gasteiger partial charge in [-0.2, -0.15) is 0 Å². The second-order valence-corrected chi connectivity index (χ2v) is 27.6. The van der Waals surface area contributed by atoms with Crippen LogP contribution in [0.2, 0.25) is 0 Å². The van der Waals surface area contributed by atoms with Crippen LogP contribution in [-0.2, 0) is 27.1 Å². The molecule has 0 amide bonds. The molecule has 0 spiro atoms. The van der Waals surface area contributed by atoms with Gasteiger partial charge in [0.1, 0.15) is 0 Å². The first-order valence-electron chi connectivity index (χ1n) is 27.0. The summed E-state index contributed by atoms with van der Waals surface area (Å²) in [7, 11) is 0. The Balaban J connectivity index is 1.41. The Hall–Kier alpha value is -7.23. The maximum Gasteiger partial charge on any atom is 0.0979 e. The molecule has 0 saturated carbocycles.